The zero-order chi connectivity index (χ0) is 10.7. The van der Waals surface area contributed by atoms with Crippen LogP contribution in [0.1, 0.15) is 17.2 Å². The lowest BCUT2D eigenvalue weighted by molar-refractivity contribution is -0.142. The number of carbonyl (C=O) groups is 1. The lowest BCUT2D eigenvalue weighted by Crippen LogP contribution is -2.23. The van der Waals surface area contributed by atoms with Crippen LogP contribution in [0.15, 0.2) is 22.7 Å². The van der Waals surface area contributed by atoms with Gasteiger partial charge in [0.05, 0.1) is 7.11 Å². The molecule has 0 bridgehead atoms. The fourth-order valence-corrected chi connectivity index (χ4v) is 1.65. The summed E-state index contributed by atoms with van der Waals surface area (Å²) in [4.78, 5) is 11.2. The summed E-state index contributed by atoms with van der Waals surface area (Å²) < 4.78 is 5.40. The van der Waals surface area contributed by atoms with Crippen molar-refractivity contribution < 1.29 is 9.53 Å². The molecule has 0 aliphatic heterocycles. The Kier molecular flexibility index (Phi) is 3.66. The number of esters is 1. The predicted molar refractivity (Wildman–Crippen MR) is 57.8 cm³/mol. The Balaban J connectivity index is 3.05. The maximum Gasteiger partial charge on any atom is 0.327 e. The second kappa shape index (κ2) is 4.57. The topological polar surface area (TPSA) is 52.3 Å². The maximum absolute atomic E-state index is 11.2. The highest BCUT2D eigenvalue weighted by atomic mass is 79.9. The largest absolute Gasteiger partial charge is 0.468 e. The molecule has 0 aliphatic rings. The quantitative estimate of drug-likeness (QED) is 0.824. The summed E-state index contributed by atoms with van der Waals surface area (Å²) in [7, 11) is 1.33. The van der Waals surface area contributed by atoms with E-state index in [1.165, 1.54) is 7.11 Å². The van der Waals surface area contributed by atoms with Crippen molar-refractivity contribution in [2.75, 3.05) is 7.11 Å². The second-order valence-electron chi connectivity index (χ2n) is 3.03. The molecule has 0 aromatic heterocycles. The molecule has 0 heterocycles. The maximum atomic E-state index is 11.2. The summed E-state index contributed by atoms with van der Waals surface area (Å²) in [6, 6.07) is 4.95. The first-order valence-corrected chi connectivity index (χ1v) is 4.95. The molecule has 2 N–H and O–H groups in total. The molecule has 0 radical (unpaired) electrons. The lowest BCUT2D eigenvalue weighted by Gasteiger charge is -2.12. The van der Waals surface area contributed by atoms with Crippen LogP contribution in [0.2, 0.25) is 0 Å². The summed E-state index contributed by atoms with van der Waals surface area (Å²) in [6.07, 6.45) is 0. The van der Waals surface area contributed by atoms with E-state index in [1.807, 2.05) is 25.1 Å². The van der Waals surface area contributed by atoms with Crippen LogP contribution in [0, 0.1) is 6.92 Å². The summed E-state index contributed by atoms with van der Waals surface area (Å²) in [5.74, 6) is -0.434. The molecule has 0 aliphatic carbocycles. The van der Waals surface area contributed by atoms with Crippen LogP contribution in [-0.2, 0) is 9.53 Å². The van der Waals surface area contributed by atoms with Gasteiger partial charge in [-0.3, -0.25) is 4.79 Å². The van der Waals surface area contributed by atoms with E-state index in [0.29, 0.717) is 0 Å². The van der Waals surface area contributed by atoms with Crippen molar-refractivity contribution >= 4 is 21.9 Å². The first-order valence-electron chi connectivity index (χ1n) is 4.15. The number of hydrogen-bond acceptors (Lipinski definition) is 3. The van der Waals surface area contributed by atoms with Crippen LogP contribution >= 0.6 is 15.9 Å². The molecule has 1 aromatic carbocycles. The molecule has 0 unspecified atom stereocenters. The molecule has 0 saturated heterocycles. The van der Waals surface area contributed by atoms with Crippen molar-refractivity contribution in [2.45, 2.75) is 13.0 Å². The van der Waals surface area contributed by atoms with Gasteiger partial charge in [-0.05, 0) is 18.6 Å². The molecular weight excluding hydrogens is 246 g/mol. The van der Waals surface area contributed by atoms with Crippen molar-refractivity contribution in [1.82, 2.24) is 0 Å². The summed E-state index contributed by atoms with van der Waals surface area (Å²) in [5.41, 5.74) is 7.52. The van der Waals surface area contributed by atoms with Gasteiger partial charge >= 0.3 is 5.97 Å². The van der Waals surface area contributed by atoms with Gasteiger partial charge in [0.1, 0.15) is 6.04 Å². The van der Waals surface area contributed by atoms with E-state index in [9.17, 15) is 4.79 Å². The first kappa shape index (κ1) is 11.2. The van der Waals surface area contributed by atoms with E-state index >= 15 is 0 Å². The van der Waals surface area contributed by atoms with Crippen molar-refractivity contribution in [3.8, 4) is 0 Å². The van der Waals surface area contributed by atoms with Gasteiger partial charge in [-0.15, -0.1) is 0 Å². The number of halogens is 1. The summed E-state index contributed by atoms with van der Waals surface area (Å²) in [6.45, 7) is 1.94. The van der Waals surface area contributed by atoms with Gasteiger partial charge in [0.2, 0.25) is 0 Å². The third-order valence-electron chi connectivity index (χ3n) is 1.94. The number of benzene rings is 1. The van der Waals surface area contributed by atoms with Crippen LogP contribution in [-0.4, -0.2) is 13.1 Å². The van der Waals surface area contributed by atoms with E-state index in [-0.39, 0.29) is 0 Å². The zero-order valence-corrected chi connectivity index (χ0v) is 9.67. The van der Waals surface area contributed by atoms with E-state index < -0.39 is 12.0 Å². The van der Waals surface area contributed by atoms with Crippen LogP contribution in [0.4, 0.5) is 0 Å². The molecule has 1 atom stereocenters. The second-order valence-corrected chi connectivity index (χ2v) is 3.88. The van der Waals surface area contributed by atoms with E-state index in [4.69, 9.17) is 5.73 Å². The number of rotatable bonds is 2. The number of ether oxygens (including phenoxy) is 1. The highest BCUT2D eigenvalue weighted by molar-refractivity contribution is 9.10. The number of carbonyl (C=O) groups excluding carboxylic acids is 1. The molecule has 1 aromatic rings. The van der Waals surface area contributed by atoms with Crippen molar-refractivity contribution in [2.24, 2.45) is 5.73 Å². The molecule has 1 rings (SSSR count). The Morgan fingerprint density at radius 3 is 2.79 bits per heavy atom. The number of aryl methyl sites for hydroxylation is 1. The predicted octanol–water partition coefficient (Wildman–Crippen LogP) is 1.93. The van der Waals surface area contributed by atoms with Crippen LogP contribution in [0.3, 0.4) is 0 Å². The first-order chi connectivity index (χ1) is 6.56. The Morgan fingerprint density at radius 1 is 1.57 bits per heavy atom. The third-order valence-corrected chi connectivity index (χ3v) is 2.66. The van der Waals surface area contributed by atoms with Gasteiger partial charge < -0.3 is 10.5 Å². The summed E-state index contributed by atoms with van der Waals surface area (Å²) in [5, 5.41) is 0. The summed E-state index contributed by atoms with van der Waals surface area (Å²) >= 11 is 3.34. The molecule has 0 fully saturated rings. The van der Waals surface area contributed by atoms with Crippen LogP contribution < -0.4 is 5.73 Å². The highest BCUT2D eigenvalue weighted by Gasteiger charge is 2.18. The van der Waals surface area contributed by atoms with E-state index in [1.54, 1.807) is 0 Å². The molecule has 14 heavy (non-hydrogen) atoms. The molecule has 3 nitrogen and oxygen atoms in total. The van der Waals surface area contributed by atoms with Gasteiger partial charge in [0, 0.05) is 4.47 Å². The SMILES string of the molecule is COC(=O)[C@H](N)c1cc(C)ccc1Br. The molecular formula is C10H12BrNO2. The van der Waals surface area contributed by atoms with Crippen LogP contribution in [0.5, 0.6) is 0 Å². The number of methoxy groups -OCH3 is 1. The molecule has 0 saturated carbocycles. The average molecular weight is 258 g/mol. The standard InChI is InChI=1S/C10H12BrNO2/c1-6-3-4-8(11)7(5-6)9(12)10(13)14-2/h3-5,9H,12H2,1-2H3/t9-/m1/s1. The fourth-order valence-electron chi connectivity index (χ4n) is 1.16. The minimum Gasteiger partial charge on any atom is -0.468 e. The molecule has 76 valence electrons. The minimum atomic E-state index is -0.728. The highest BCUT2D eigenvalue weighted by Crippen LogP contribution is 2.23. The average Bonchev–Trinajstić information content (AvgIpc) is 2.19. The zero-order valence-electron chi connectivity index (χ0n) is 8.08. The minimum absolute atomic E-state index is 0.434. The fraction of sp³-hybridized carbons (Fsp3) is 0.300. The Labute approximate surface area is 91.4 Å². The third kappa shape index (κ3) is 2.33. The van der Waals surface area contributed by atoms with Gasteiger partial charge in [-0.1, -0.05) is 33.6 Å². The number of nitrogens with two attached hydrogens (primary N) is 1. The van der Waals surface area contributed by atoms with Gasteiger partial charge in [-0.2, -0.15) is 0 Å². The van der Waals surface area contributed by atoms with Crippen LogP contribution in [0.25, 0.3) is 0 Å². The van der Waals surface area contributed by atoms with Gasteiger partial charge in [0.15, 0.2) is 0 Å². The van der Waals surface area contributed by atoms with Crippen molar-refractivity contribution in [1.29, 1.82) is 0 Å². The Bertz CT molecular complexity index is 352. The van der Waals surface area contributed by atoms with Crippen molar-refractivity contribution in [3.05, 3.63) is 33.8 Å². The lowest BCUT2D eigenvalue weighted by atomic mass is 10.1. The Morgan fingerprint density at radius 2 is 2.21 bits per heavy atom. The van der Waals surface area contributed by atoms with E-state index in [2.05, 4.69) is 20.7 Å². The van der Waals surface area contributed by atoms with Gasteiger partial charge in [-0.25, -0.2) is 0 Å². The normalized spacial score (nSPS) is 12.3. The molecule has 0 amide bonds. The monoisotopic (exact) mass is 257 g/mol. The van der Waals surface area contributed by atoms with Gasteiger partial charge in [0.25, 0.3) is 0 Å². The Hall–Kier alpha value is -0.870. The molecule has 4 heteroatoms. The smallest absolute Gasteiger partial charge is 0.327 e. The van der Waals surface area contributed by atoms with Crippen molar-refractivity contribution in [3.63, 3.8) is 0 Å². The molecule has 0 spiro atoms. The van der Waals surface area contributed by atoms with E-state index in [0.717, 1.165) is 15.6 Å². The number of hydrogen-bond donors (Lipinski definition) is 1.